The molecule has 0 aliphatic rings. The van der Waals surface area contributed by atoms with Crippen LogP contribution in [0.4, 0.5) is 4.39 Å². The van der Waals surface area contributed by atoms with Crippen molar-refractivity contribution < 1.29 is 4.39 Å². The Morgan fingerprint density at radius 1 is 1.00 bits per heavy atom. The lowest BCUT2D eigenvalue weighted by molar-refractivity contribution is 0.455. The quantitative estimate of drug-likeness (QED) is 0.560. The fourth-order valence-corrected chi connectivity index (χ4v) is 2.44. The van der Waals surface area contributed by atoms with Gasteiger partial charge in [0.2, 0.25) is 0 Å². The Balaban J connectivity index is 2.41. The van der Waals surface area contributed by atoms with E-state index < -0.39 is 0 Å². The van der Waals surface area contributed by atoms with Crippen LogP contribution in [0.25, 0.3) is 0 Å². The Labute approximate surface area is 124 Å². The van der Waals surface area contributed by atoms with Crippen LogP contribution in [0.15, 0.2) is 24.3 Å². The molecule has 0 fully saturated rings. The zero-order chi connectivity index (χ0) is 14.8. The average Bonchev–Trinajstić information content (AvgIpc) is 2.42. The van der Waals surface area contributed by atoms with Gasteiger partial charge in [0.15, 0.2) is 0 Å². The lowest BCUT2D eigenvalue weighted by Crippen LogP contribution is -2.22. The fourth-order valence-electron chi connectivity index (χ4n) is 2.44. The van der Waals surface area contributed by atoms with Crippen LogP contribution in [0.1, 0.15) is 70.9 Å². The molecule has 0 heterocycles. The van der Waals surface area contributed by atoms with E-state index in [-0.39, 0.29) is 5.82 Å². The average molecular weight is 279 g/mol. The minimum Gasteiger partial charge on any atom is -0.310 e. The van der Waals surface area contributed by atoms with E-state index in [0.29, 0.717) is 6.04 Å². The maximum absolute atomic E-state index is 13.0. The van der Waals surface area contributed by atoms with Gasteiger partial charge in [-0.25, -0.2) is 4.39 Å². The van der Waals surface area contributed by atoms with Crippen LogP contribution < -0.4 is 5.32 Å². The second-order valence-corrected chi connectivity index (χ2v) is 6.09. The first-order valence-electron chi connectivity index (χ1n) is 8.12. The van der Waals surface area contributed by atoms with Gasteiger partial charge in [-0.2, -0.15) is 0 Å². The zero-order valence-electron chi connectivity index (χ0n) is 13.3. The van der Waals surface area contributed by atoms with Gasteiger partial charge in [0.05, 0.1) is 0 Å². The van der Waals surface area contributed by atoms with E-state index in [1.807, 2.05) is 12.1 Å². The molecule has 0 amide bonds. The summed E-state index contributed by atoms with van der Waals surface area (Å²) in [6, 6.07) is 7.33. The molecule has 1 unspecified atom stereocenters. The molecule has 0 saturated carbocycles. The Hall–Kier alpha value is -0.890. The van der Waals surface area contributed by atoms with E-state index in [9.17, 15) is 4.39 Å². The summed E-state index contributed by atoms with van der Waals surface area (Å²) in [6.45, 7) is 7.81. The molecule has 1 rings (SSSR count). The standard InChI is InChI=1S/C18H30FN/c1-4-5-9-18(16-10-12-17(19)13-11-16)20-14-7-6-8-15(2)3/h10-13,15,18,20H,4-9,14H2,1-3H3. The topological polar surface area (TPSA) is 12.0 Å². The predicted molar refractivity (Wildman–Crippen MR) is 85.4 cm³/mol. The Morgan fingerprint density at radius 3 is 2.30 bits per heavy atom. The summed E-state index contributed by atoms with van der Waals surface area (Å²) in [7, 11) is 0. The van der Waals surface area contributed by atoms with E-state index in [2.05, 4.69) is 26.1 Å². The van der Waals surface area contributed by atoms with Gasteiger partial charge >= 0.3 is 0 Å². The minimum absolute atomic E-state index is 0.153. The molecule has 1 aromatic rings. The normalized spacial score (nSPS) is 12.8. The van der Waals surface area contributed by atoms with E-state index in [1.54, 1.807) is 12.1 Å². The molecule has 2 heteroatoms. The molecule has 0 aliphatic heterocycles. The summed E-state index contributed by atoms with van der Waals surface area (Å²) in [6.07, 6.45) is 7.36. The van der Waals surface area contributed by atoms with Gasteiger partial charge < -0.3 is 5.32 Å². The van der Waals surface area contributed by atoms with Crippen LogP contribution in [-0.2, 0) is 0 Å². The van der Waals surface area contributed by atoms with Crippen molar-refractivity contribution >= 4 is 0 Å². The summed E-state index contributed by atoms with van der Waals surface area (Å²) in [5.74, 6) is 0.642. The Kier molecular flexibility index (Phi) is 8.52. The molecule has 20 heavy (non-hydrogen) atoms. The van der Waals surface area contributed by atoms with Crippen LogP contribution in [0, 0.1) is 11.7 Å². The number of nitrogens with one attached hydrogen (secondary N) is 1. The van der Waals surface area contributed by atoms with Crippen LogP contribution >= 0.6 is 0 Å². The van der Waals surface area contributed by atoms with E-state index in [0.717, 1.165) is 18.9 Å². The largest absolute Gasteiger partial charge is 0.310 e. The Morgan fingerprint density at radius 2 is 1.70 bits per heavy atom. The van der Waals surface area contributed by atoms with Gasteiger partial charge in [-0.3, -0.25) is 0 Å². The summed E-state index contributed by atoms with van der Waals surface area (Å²) in [4.78, 5) is 0. The summed E-state index contributed by atoms with van der Waals surface area (Å²) >= 11 is 0. The maximum Gasteiger partial charge on any atom is 0.123 e. The number of hydrogen-bond acceptors (Lipinski definition) is 1. The second kappa shape index (κ2) is 9.93. The number of benzene rings is 1. The Bertz CT molecular complexity index is 345. The molecule has 1 N–H and O–H groups in total. The molecule has 0 aromatic heterocycles. The van der Waals surface area contributed by atoms with Gasteiger partial charge in [-0.1, -0.05) is 58.6 Å². The summed E-state index contributed by atoms with van der Waals surface area (Å²) < 4.78 is 13.0. The minimum atomic E-state index is -0.153. The third-order valence-electron chi connectivity index (χ3n) is 3.72. The third kappa shape index (κ3) is 7.04. The monoisotopic (exact) mass is 279 g/mol. The molecule has 1 nitrogen and oxygen atoms in total. The van der Waals surface area contributed by atoms with Gasteiger partial charge in [-0.05, 0) is 43.0 Å². The van der Waals surface area contributed by atoms with Crippen LogP contribution in [0.5, 0.6) is 0 Å². The van der Waals surface area contributed by atoms with Gasteiger partial charge in [0.25, 0.3) is 0 Å². The highest BCUT2D eigenvalue weighted by atomic mass is 19.1. The highest BCUT2D eigenvalue weighted by Gasteiger charge is 2.10. The third-order valence-corrected chi connectivity index (χ3v) is 3.72. The molecule has 0 aliphatic carbocycles. The van der Waals surface area contributed by atoms with Gasteiger partial charge in [-0.15, -0.1) is 0 Å². The van der Waals surface area contributed by atoms with Crippen molar-refractivity contribution in [1.82, 2.24) is 5.32 Å². The number of rotatable bonds is 10. The van der Waals surface area contributed by atoms with Crippen molar-refractivity contribution in [1.29, 1.82) is 0 Å². The van der Waals surface area contributed by atoms with Crippen molar-refractivity contribution in [2.24, 2.45) is 5.92 Å². The molecule has 1 atom stereocenters. The van der Waals surface area contributed by atoms with Crippen molar-refractivity contribution in [3.05, 3.63) is 35.6 Å². The van der Waals surface area contributed by atoms with E-state index >= 15 is 0 Å². The van der Waals surface area contributed by atoms with Gasteiger partial charge in [0.1, 0.15) is 5.82 Å². The molecule has 0 radical (unpaired) electrons. The molecule has 0 bridgehead atoms. The SMILES string of the molecule is CCCCC(NCCCCC(C)C)c1ccc(F)cc1. The van der Waals surface area contributed by atoms with Gasteiger partial charge in [0, 0.05) is 6.04 Å². The number of unbranched alkanes of at least 4 members (excludes halogenated alkanes) is 2. The van der Waals surface area contributed by atoms with Crippen molar-refractivity contribution in [2.75, 3.05) is 6.54 Å². The molecule has 1 aromatic carbocycles. The highest BCUT2D eigenvalue weighted by Crippen LogP contribution is 2.20. The molecular formula is C18H30FN. The number of halogens is 1. The lowest BCUT2D eigenvalue weighted by Gasteiger charge is -2.19. The predicted octanol–water partition coefficient (Wildman–Crippen LogP) is 5.47. The van der Waals surface area contributed by atoms with Crippen molar-refractivity contribution in [3.63, 3.8) is 0 Å². The first-order chi connectivity index (χ1) is 9.63. The van der Waals surface area contributed by atoms with Crippen LogP contribution in [0.3, 0.4) is 0 Å². The first-order valence-corrected chi connectivity index (χ1v) is 8.12. The van der Waals surface area contributed by atoms with E-state index in [4.69, 9.17) is 0 Å². The fraction of sp³-hybridized carbons (Fsp3) is 0.667. The van der Waals surface area contributed by atoms with E-state index in [1.165, 1.54) is 37.7 Å². The summed E-state index contributed by atoms with van der Waals surface area (Å²) in [5, 5.41) is 3.64. The first kappa shape index (κ1) is 17.2. The second-order valence-electron chi connectivity index (χ2n) is 6.09. The maximum atomic E-state index is 13.0. The van der Waals surface area contributed by atoms with Crippen molar-refractivity contribution in [3.8, 4) is 0 Å². The van der Waals surface area contributed by atoms with Crippen LogP contribution in [0.2, 0.25) is 0 Å². The molecule has 0 spiro atoms. The zero-order valence-corrected chi connectivity index (χ0v) is 13.3. The molecule has 114 valence electrons. The lowest BCUT2D eigenvalue weighted by atomic mass is 10.0. The molecular weight excluding hydrogens is 249 g/mol. The molecule has 0 saturated heterocycles. The summed E-state index contributed by atoms with van der Waals surface area (Å²) in [5.41, 5.74) is 1.21. The highest BCUT2D eigenvalue weighted by molar-refractivity contribution is 5.19. The smallest absolute Gasteiger partial charge is 0.123 e. The van der Waals surface area contributed by atoms with Crippen LogP contribution in [-0.4, -0.2) is 6.54 Å². The number of hydrogen-bond donors (Lipinski definition) is 1. The van der Waals surface area contributed by atoms with Crippen molar-refractivity contribution in [2.45, 2.75) is 65.3 Å².